The average molecular weight is 844 g/mol. The highest BCUT2D eigenvalue weighted by Gasteiger charge is 2.18. The van der Waals surface area contributed by atoms with E-state index < -0.39 is 0 Å². The Morgan fingerprint density at radius 1 is 0.242 bits per heavy atom. The Bertz CT molecular complexity index is 3440. The number of hydrogen-bond acceptors (Lipinski definition) is 7. The minimum atomic E-state index is 0.591. The summed E-state index contributed by atoms with van der Waals surface area (Å²) in [6.45, 7) is 0. The van der Waals surface area contributed by atoms with Crippen LogP contribution in [0, 0.1) is 11.3 Å². The third-order valence-electron chi connectivity index (χ3n) is 11.6. The third kappa shape index (κ3) is 7.98. The van der Waals surface area contributed by atoms with E-state index in [9.17, 15) is 5.26 Å². The van der Waals surface area contributed by atoms with Gasteiger partial charge in [0.2, 0.25) is 0 Å². The van der Waals surface area contributed by atoms with Crippen molar-refractivity contribution in [1.29, 1.82) is 5.26 Å². The molecular formula is C59H37N7. The lowest BCUT2D eigenvalue weighted by molar-refractivity contribution is 1.07. The first-order valence-corrected chi connectivity index (χ1v) is 21.7. The number of nitrogens with zero attached hydrogens (tertiary/aromatic N) is 7. The summed E-state index contributed by atoms with van der Waals surface area (Å²) in [6.07, 6.45) is 0. The zero-order valence-electron chi connectivity index (χ0n) is 35.5. The molecule has 11 aromatic rings. The second-order valence-electron chi connectivity index (χ2n) is 15.8. The van der Waals surface area contributed by atoms with Crippen molar-refractivity contribution in [3.05, 3.63) is 230 Å². The molecule has 0 unspecified atom stereocenters. The molecule has 308 valence electrons. The van der Waals surface area contributed by atoms with Gasteiger partial charge in [0.25, 0.3) is 0 Å². The van der Waals surface area contributed by atoms with E-state index in [0.29, 0.717) is 40.5 Å². The van der Waals surface area contributed by atoms with Gasteiger partial charge in [0.1, 0.15) is 0 Å². The molecule has 7 heteroatoms. The lowest BCUT2D eigenvalue weighted by atomic mass is 9.89. The average Bonchev–Trinajstić information content (AvgIpc) is 3.41. The van der Waals surface area contributed by atoms with Crippen molar-refractivity contribution in [3.8, 4) is 108 Å². The van der Waals surface area contributed by atoms with Crippen LogP contribution in [0.4, 0.5) is 0 Å². The highest BCUT2D eigenvalue weighted by molar-refractivity contribution is 5.99. The van der Waals surface area contributed by atoms with Crippen LogP contribution in [0.5, 0.6) is 0 Å². The maximum absolute atomic E-state index is 9.63. The van der Waals surface area contributed by atoms with Crippen LogP contribution in [0.3, 0.4) is 0 Å². The van der Waals surface area contributed by atoms with Gasteiger partial charge in [-0.05, 0) is 74.5 Å². The lowest BCUT2D eigenvalue weighted by Gasteiger charge is -2.15. The summed E-state index contributed by atoms with van der Waals surface area (Å²) in [6, 6.07) is 77.9. The van der Waals surface area contributed by atoms with Crippen LogP contribution >= 0.6 is 0 Å². The molecule has 2 aromatic heterocycles. The van der Waals surface area contributed by atoms with Crippen LogP contribution in [-0.2, 0) is 0 Å². The molecule has 66 heavy (non-hydrogen) atoms. The summed E-state index contributed by atoms with van der Waals surface area (Å²) in [5, 5.41) is 11.8. The fourth-order valence-corrected chi connectivity index (χ4v) is 8.26. The highest BCUT2D eigenvalue weighted by atomic mass is 15.0. The molecule has 9 aromatic carbocycles. The first-order chi connectivity index (χ1) is 32.6. The predicted octanol–water partition coefficient (Wildman–Crippen LogP) is 14.1. The Morgan fingerprint density at radius 2 is 0.576 bits per heavy atom. The van der Waals surface area contributed by atoms with E-state index in [1.54, 1.807) is 0 Å². The quantitative estimate of drug-likeness (QED) is 0.143. The van der Waals surface area contributed by atoms with E-state index in [0.717, 1.165) is 77.5 Å². The van der Waals surface area contributed by atoms with Gasteiger partial charge in [0.15, 0.2) is 34.9 Å². The Balaban J connectivity index is 1.03. The molecule has 11 rings (SSSR count). The van der Waals surface area contributed by atoms with Crippen LogP contribution in [-0.4, -0.2) is 29.9 Å². The third-order valence-corrected chi connectivity index (χ3v) is 11.6. The van der Waals surface area contributed by atoms with Crippen molar-refractivity contribution in [3.63, 3.8) is 0 Å². The first kappa shape index (κ1) is 39.6. The molecule has 0 aliphatic carbocycles. The van der Waals surface area contributed by atoms with E-state index >= 15 is 0 Å². The van der Waals surface area contributed by atoms with Crippen LogP contribution < -0.4 is 0 Å². The van der Waals surface area contributed by atoms with Gasteiger partial charge in [-0.2, -0.15) is 5.26 Å². The van der Waals surface area contributed by atoms with Crippen molar-refractivity contribution in [2.75, 3.05) is 0 Å². The molecule has 0 aliphatic heterocycles. The van der Waals surface area contributed by atoms with Gasteiger partial charge in [0.05, 0.1) is 11.6 Å². The van der Waals surface area contributed by atoms with Gasteiger partial charge in [-0.1, -0.05) is 194 Å². The standard InChI is InChI=1S/C59H37N7/c60-38-39-25-27-40(28-26-39)52-36-47-33-34-48(50-23-13-14-24-51(50)59-65-56(44-19-9-3-10-20-44)64-57(66-59)45-21-11-4-12-22-45)35-49(47)37-53(52)41-29-31-46(32-30-41)58-62-54(42-15-5-1-6-16-42)61-55(63-58)43-17-7-2-8-18-43/h1-37H. The number of fused-ring (bicyclic) bond motifs is 1. The molecular weight excluding hydrogens is 807 g/mol. The first-order valence-electron chi connectivity index (χ1n) is 21.7. The van der Waals surface area contributed by atoms with Crippen LogP contribution in [0.1, 0.15) is 5.56 Å². The number of rotatable bonds is 9. The van der Waals surface area contributed by atoms with Gasteiger partial charge < -0.3 is 0 Å². The minimum Gasteiger partial charge on any atom is -0.208 e. The van der Waals surface area contributed by atoms with Gasteiger partial charge in [0, 0.05) is 33.4 Å². The van der Waals surface area contributed by atoms with Gasteiger partial charge in [-0.15, -0.1) is 0 Å². The lowest BCUT2D eigenvalue weighted by Crippen LogP contribution is -2.01. The van der Waals surface area contributed by atoms with E-state index in [4.69, 9.17) is 29.9 Å². The maximum Gasteiger partial charge on any atom is 0.164 e. The molecule has 0 aliphatic rings. The summed E-state index contributed by atoms with van der Waals surface area (Å²) < 4.78 is 0. The Kier molecular flexibility index (Phi) is 10.5. The zero-order valence-corrected chi connectivity index (χ0v) is 35.5. The molecule has 0 saturated heterocycles. The number of hydrogen-bond donors (Lipinski definition) is 0. The smallest absolute Gasteiger partial charge is 0.164 e. The molecule has 0 spiro atoms. The fraction of sp³-hybridized carbons (Fsp3) is 0. The zero-order chi connectivity index (χ0) is 44.2. The van der Waals surface area contributed by atoms with Crippen molar-refractivity contribution in [2.24, 2.45) is 0 Å². The number of aromatic nitrogens is 6. The van der Waals surface area contributed by atoms with Crippen LogP contribution in [0.2, 0.25) is 0 Å². The Morgan fingerprint density at radius 3 is 1.02 bits per heavy atom. The van der Waals surface area contributed by atoms with Crippen molar-refractivity contribution in [2.45, 2.75) is 0 Å². The fourth-order valence-electron chi connectivity index (χ4n) is 8.26. The summed E-state index contributed by atoms with van der Waals surface area (Å²) >= 11 is 0. The molecule has 0 atom stereocenters. The monoisotopic (exact) mass is 843 g/mol. The predicted molar refractivity (Wildman–Crippen MR) is 264 cm³/mol. The maximum atomic E-state index is 9.63. The minimum absolute atomic E-state index is 0.591. The molecule has 0 radical (unpaired) electrons. The van der Waals surface area contributed by atoms with E-state index in [-0.39, 0.29) is 0 Å². The topological polar surface area (TPSA) is 101 Å². The summed E-state index contributed by atoms with van der Waals surface area (Å²) in [7, 11) is 0. The Labute approximate surface area is 382 Å². The van der Waals surface area contributed by atoms with E-state index in [1.807, 2.05) is 152 Å². The largest absolute Gasteiger partial charge is 0.208 e. The SMILES string of the molecule is N#Cc1ccc(-c2cc3ccc(-c4ccccc4-c4nc(-c5ccccc5)nc(-c5ccccc5)n4)cc3cc2-c2ccc(-c3nc(-c4ccccc4)nc(-c4ccccc4)n3)cc2)cc1. The number of nitriles is 1. The van der Waals surface area contributed by atoms with Crippen LogP contribution in [0.25, 0.3) is 112 Å². The molecule has 0 bridgehead atoms. The Hall–Kier alpha value is -9.25. The molecule has 0 N–H and O–H groups in total. The second kappa shape index (κ2) is 17.5. The van der Waals surface area contributed by atoms with E-state index in [2.05, 4.69) is 78.9 Å². The van der Waals surface area contributed by atoms with Gasteiger partial charge in [-0.3, -0.25) is 0 Å². The highest BCUT2D eigenvalue weighted by Crippen LogP contribution is 2.40. The molecule has 0 saturated carbocycles. The van der Waals surface area contributed by atoms with Crippen LogP contribution in [0.15, 0.2) is 224 Å². The van der Waals surface area contributed by atoms with Crippen molar-refractivity contribution >= 4 is 10.8 Å². The van der Waals surface area contributed by atoms with E-state index in [1.165, 1.54) is 0 Å². The summed E-state index contributed by atoms with van der Waals surface area (Å²) in [5.41, 5.74) is 12.3. The second-order valence-corrected chi connectivity index (χ2v) is 15.8. The molecule has 2 heterocycles. The van der Waals surface area contributed by atoms with Gasteiger partial charge >= 0.3 is 0 Å². The number of benzene rings is 9. The van der Waals surface area contributed by atoms with Crippen molar-refractivity contribution in [1.82, 2.24) is 29.9 Å². The molecule has 0 amide bonds. The molecule has 0 fully saturated rings. The summed E-state index contributed by atoms with van der Waals surface area (Å²) in [4.78, 5) is 29.9. The van der Waals surface area contributed by atoms with Crippen molar-refractivity contribution < 1.29 is 0 Å². The van der Waals surface area contributed by atoms with Gasteiger partial charge in [-0.25, -0.2) is 29.9 Å². The summed E-state index contributed by atoms with van der Waals surface area (Å²) in [5.74, 6) is 3.64. The normalized spacial score (nSPS) is 11.0. The molecule has 7 nitrogen and oxygen atoms in total.